The lowest BCUT2D eigenvalue weighted by Crippen LogP contribution is -2.27. The van der Waals surface area contributed by atoms with E-state index < -0.39 is 11.7 Å². The second-order valence-electron chi connectivity index (χ2n) is 8.08. The third-order valence-electron chi connectivity index (χ3n) is 5.95. The molecule has 0 bridgehead atoms. The monoisotopic (exact) mass is 446 g/mol. The van der Waals surface area contributed by atoms with E-state index in [1.165, 1.54) is 13.2 Å². The number of nitrogens with one attached hydrogen (secondary N) is 1. The van der Waals surface area contributed by atoms with Gasteiger partial charge in [-0.05, 0) is 36.2 Å². The average molecular weight is 446 g/mol. The number of rotatable bonds is 5. The summed E-state index contributed by atoms with van der Waals surface area (Å²) < 4.78 is 19.6. The molecule has 9 heteroatoms. The largest absolute Gasteiger partial charge is 0.496 e. The number of hydrogen-bond acceptors (Lipinski definition) is 6. The van der Waals surface area contributed by atoms with Gasteiger partial charge in [0, 0.05) is 37.1 Å². The first-order valence-electron chi connectivity index (χ1n) is 10.6. The normalized spacial score (nSPS) is 15.8. The van der Waals surface area contributed by atoms with Gasteiger partial charge in [0.25, 0.3) is 5.91 Å². The number of pyridine rings is 1. The van der Waals surface area contributed by atoms with Crippen molar-refractivity contribution < 1.29 is 13.9 Å². The number of carbonyl (C=O) groups excluding carboxylic acids is 1. The molecule has 1 fully saturated rings. The lowest BCUT2D eigenvalue weighted by molar-refractivity contribution is 0.0997. The molecule has 168 valence electrons. The third-order valence-corrected chi connectivity index (χ3v) is 5.95. The molecule has 0 spiro atoms. The number of amides is 1. The number of methoxy groups -OCH3 is 1. The summed E-state index contributed by atoms with van der Waals surface area (Å²) in [4.78, 5) is 26.4. The summed E-state index contributed by atoms with van der Waals surface area (Å²) in [6, 6.07) is 10.1. The number of aromatic nitrogens is 3. The second-order valence-corrected chi connectivity index (χ2v) is 8.08. The van der Waals surface area contributed by atoms with Crippen molar-refractivity contribution in [2.75, 3.05) is 25.1 Å². The van der Waals surface area contributed by atoms with Crippen LogP contribution in [0.25, 0.3) is 33.5 Å². The summed E-state index contributed by atoms with van der Waals surface area (Å²) in [7, 11) is 1.49. The number of fused-ring (bicyclic) bond motifs is 1. The van der Waals surface area contributed by atoms with Gasteiger partial charge in [0.2, 0.25) is 0 Å². The van der Waals surface area contributed by atoms with Gasteiger partial charge in [-0.25, -0.2) is 9.37 Å². The number of carbonyl (C=O) groups is 1. The van der Waals surface area contributed by atoms with Gasteiger partial charge in [0.1, 0.15) is 17.1 Å². The van der Waals surface area contributed by atoms with Crippen molar-refractivity contribution in [3.8, 4) is 28.3 Å². The smallest absolute Gasteiger partial charge is 0.252 e. The van der Waals surface area contributed by atoms with E-state index in [-0.39, 0.29) is 17.1 Å². The zero-order valence-electron chi connectivity index (χ0n) is 18.0. The first-order chi connectivity index (χ1) is 16.0. The molecule has 33 heavy (non-hydrogen) atoms. The second kappa shape index (κ2) is 8.18. The van der Waals surface area contributed by atoms with E-state index in [0.717, 1.165) is 29.8 Å². The number of ether oxygens (including phenoxy) is 1. The Labute approximate surface area is 189 Å². The topological polar surface area (TPSA) is 123 Å². The highest BCUT2D eigenvalue weighted by Gasteiger charge is 2.27. The number of para-hydroxylation sites is 1. The van der Waals surface area contributed by atoms with Gasteiger partial charge < -0.3 is 26.1 Å². The quantitative estimate of drug-likeness (QED) is 0.433. The molecule has 1 saturated heterocycles. The van der Waals surface area contributed by atoms with Crippen molar-refractivity contribution in [3.63, 3.8) is 0 Å². The van der Waals surface area contributed by atoms with E-state index >= 15 is 0 Å². The number of imidazole rings is 1. The molecular weight excluding hydrogens is 423 g/mol. The van der Waals surface area contributed by atoms with E-state index in [1.807, 2.05) is 6.07 Å². The summed E-state index contributed by atoms with van der Waals surface area (Å²) in [5, 5.41) is 0. The minimum absolute atomic E-state index is 0.0315. The highest BCUT2D eigenvalue weighted by Crippen LogP contribution is 2.41. The van der Waals surface area contributed by atoms with Crippen LogP contribution < -0.4 is 21.1 Å². The van der Waals surface area contributed by atoms with Crippen molar-refractivity contribution in [1.82, 2.24) is 15.0 Å². The molecule has 0 saturated carbocycles. The first-order valence-corrected chi connectivity index (χ1v) is 10.6. The van der Waals surface area contributed by atoms with Crippen LogP contribution in [0.5, 0.6) is 5.75 Å². The fourth-order valence-electron chi connectivity index (χ4n) is 4.36. The van der Waals surface area contributed by atoms with Crippen LogP contribution in [-0.4, -0.2) is 47.1 Å². The van der Waals surface area contributed by atoms with Gasteiger partial charge in [0.15, 0.2) is 5.82 Å². The predicted octanol–water partition coefficient (Wildman–Crippen LogP) is 3.08. The van der Waals surface area contributed by atoms with Gasteiger partial charge in [-0.3, -0.25) is 9.78 Å². The summed E-state index contributed by atoms with van der Waals surface area (Å²) in [6.45, 7) is 1.40. The SMILES string of the molecule is COc1ccc(-c2cncc(-c3nc4c(F)cccc4[nH]3)c2N2CC[C@H](N)C2)cc1C(N)=O. The van der Waals surface area contributed by atoms with Gasteiger partial charge in [-0.15, -0.1) is 0 Å². The molecule has 0 aliphatic carbocycles. The Morgan fingerprint density at radius 2 is 2.06 bits per heavy atom. The molecule has 5 rings (SSSR count). The van der Waals surface area contributed by atoms with E-state index in [9.17, 15) is 9.18 Å². The van der Waals surface area contributed by atoms with Crippen molar-refractivity contribution in [2.24, 2.45) is 11.5 Å². The maximum Gasteiger partial charge on any atom is 0.252 e. The van der Waals surface area contributed by atoms with Crippen LogP contribution in [0.15, 0.2) is 48.8 Å². The molecule has 3 heterocycles. The first kappa shape index (κ1) is 20.9. The molecule has 1 aliphatic rings. The van der Waals surface area contributed by atoms with Gasteiger partial charge in [-0.1, -0.05) is 12.1 Å². The Morgan fingerprint density at radius 1 is 1.24 bits per heavy atom. The fraction of sp³-hybridized carbons (Fsp3) is 0.208. The van der Waals surface area contributed by atoms with Gasteiger partial charge in [-0.2, -0.15) is 0 Å². The number of H-pyrrole nitrogens is 1. The summed E-state index contributed by atoms with van der Waals surface area (Å²) in [5.41, 5.74) is 16.0. The molecule has 1 aliphatic heterocycles. The van der Waals surface area contributed by atoms with Crippen LogP contribution >= 0.6 is 0 Å². The Balaban J connectivity index is 1.73. The number of halogens is 1. The Kier molecular flexibility index (Phi) is 5.18. The van der Waals surface area contributed by atoms with Crippen LogP contribution in [0.4, 0.5) is 10.1 Å². The number of primary amides is 1. The highest BCUT2D eigenvalue weighted by molar-refractivity contribution is 5.98. The maximum atomic E-state index is 14.3. The number of anilines is 1. The molecule has 1 amide bonds. The summed E-state index contributed by atoms with van der Waals surface area (Å²) in [5.74, 6) is -0.0862. The zero-order valence-corrected chi connectivity index (χ0v) is 18.0. The van der Waals surface area contributed by atoms with Crippen LogP contribution in [0.2, 0.25) is 0 Å². The Bertz CT molecular complexity index is 1370. The molecule has 2 aromatic carbocycles. The zero-order chi connectivity index (χ0) is 23.1. The number of nitrogens with two attached hydrogens (primary N) is 2. The number of aromatic amines is 1. The van der Waals surface area contributed by atoms with Gasteiger partial charge >= 0.3 is 0 Å². The number of benzene rings is 2. The highest BCUT2D eigenvalue weighted by atomic mass is 19.1. The summed E-state index contributed by atoms with van der Waals surface area (Å²) in [6.07, 6.45) is 4.28. The van der Waals surface area contributed by atoms with Crippen molar-refractivity contribution in [1.29, 1.82) is 0 Å². The Morgan fingerprint density at radius 3 is 2.76 bits per heavy atom. The predicted molar refractivity (Wildman–Crippen MR) is 125 cm³/mol. The van der Waals surface area contributed by atoms with Crippen molar-refractivity contribution >= 4 is 22.6 Å². The maximum absolute atomic E-state index is 14.3. The lowest BCUT2D eigenvalue weighted by atomic mass is 9.99. The standard InChI is InChI=1S/C24H23FN6O2/c1-33-20-6-5-13(9-15(20)23(27)32)16-10-28-11-17(22(16)31-8-7-14(26)12-31)24-29-19-4-2-3-18(25)21(19)30-24/h2-6,9-11,14H,7-8,12,26H2,1H3,(H2,27,32)(H,29,30)/t14-/m0/s1. The molecule has 4 aromatic rings. The Hall–Kier alpha value is -3.98. The van der Waals surface area contributed by atoms with Crippen molar-refractivity contribution in [3.05, 3.63) is 60.2 Å². The van der Waals surface area contributed by atoms with E-state index in [2.05, 4.69) is 19.9 Å². The molecule has 1 atom stereocenters. The van der Waals surface area contributed by atoms with Crippen LogP contribution in [0.1, 0.15) is 16.8 Å². The van der Waals surface area contributed by atoms with E-state index in [1.54, 1.807) is 36.7 Å². The molecule has 2 aromatic heterocycles. The van der Waals surface area contributed by atoms with Crippen LogP contribution in [0, 0.1) is 5.82 Å². The third kappa shape index (κ3) is 3.66. The average Bonchev–Trinajstić information content (AvgIpc) is 3.45. The van der Waals surface area contributed by atoms with Crippen molar-refractivity contribution in [2.45, 2.75) is 12.5 Å². The number of nitrogens with zero attached hydrogens (tertiary/aromatic N) is 3. The summed E-state index contributed by atoms with van der Waals surface area (Å²) >= 11 is 0. The van der Waals surface area contributed by atoms with Crippen LogP contribution in [0.3, 0.4) is 0 Å². The molecule has 0 unspecified atom stereocenters. The molecule has 8 nitrogen and oxygen atoms in total. The molecule has 5 N–H and O–H groups in total. The van der Waals surface area contributed by atoms with E-state index in [0.29, 0.717) is 29.2 Å². The van der Waals surface area contributed by atoms with Crippen LogP contribution in [-0.2, 0) is 0 Å². The number of hydrogen-bond donors (Lipinski definition) is 3. The molecule has 0 radical (unpaired) electrons. The van der Waals surface area contributed by atoms with Gasteiger partial charge in [0.05, 0.1) is 29.4 Å². The fourth-order valence-corrected chi connectivity index (χ4v) is 4.36. The van der Waals surface area contributed by atoms with E-state index in [4.69, 9.17) is 16.2 Å². The minimum atomic E-state index is -0.588. The molecular formula is C24H23FN6O2. The lowest BCUT2D eigenvalue weighted by Gasteiger charge is -2.24. The minimum Gasteiger partial charge on any atom is -0.496 e.